The van der Waals surface area contributed by atoms with Crippen LogP contribution >= 0.6 is 0 Å². The molecule has 0 saturated heterocycles. The van der Waals surface area contributed by atoms with E-state index in [1.807, 2.05) is 13.8 Å². The summed E-state index contributed by atoms with van der Waals surface area (Å²) in [6.45, 7) is 14.2. The molecule has 0 aliphatic heterocycles. The van der Waals surface area contributed by atoms with Gasteiger partial charge >= 0.3 is 8.56 Å². The van der Waals surface area contributed by atoms with Crippen LogP contribution in [0.5, 0.6) is 0 Å². The fourth-order valence-electron chi connectivity index (χ4n) is 1.87. The van der Waals surface area contributed by atoms with Crippen molar-refractivity contribution in [2.24, 2.45) is 5.92 Å². The molecule has 1 atom stereocenters. The van der Waals surface area contributed by atoms with Crippen molar-refractivity contribution < 1.29 is 8.85 Å². The van der Waals surface area contributed by atoms with Crippen LogP contribution in [0.3, 0.4) is 0 Å². The zero-order chi connectivity index (χ0) is 11.7. The molecule has 0 aromatic heterocycles. The Bertz CT molecular complexity index is 150. The largest absolute Gasteiger partial charge is 0.395 e. The summed E-state index contributed by atoms with van der Waals surface area (Å²) in [6, 6.07) is 1.07. The second-order valence-electron chi connectivity index (χ2n) is 4.12. The standard InChI is InChI=1S/C11H27NO2Si/c1-6-12-9-11(4)10-15(5,13-7-2)14-8-3/h11-12H,6-10H2,1-5H3. The van der Waals surface area contributed by atoms with Crippen LogP contribution in [-0.4, -0.2) is 34.9 Å². The fourth-order valence-corrected chi connectivity index (χ4v) is 4.82. The minimum absolute atomic E-state index is 0.625. The molecule has 1 unspecified atom stereocenters. The molecule has 0 aliphatic rings. The van der Waals surface area contributed by atoms with Crippen LogP contribution in [0.1, 0.15) is 27.7 Å². The third-order valence-corrected chi connectivity index (χ3v) is 5.60. The van der Waals surface area contributed by atoms with Crippen molar-refractivity contribution in [3.05, 3.63) is 0 Å². The van der Waals surface area contributed by atoms with Gasteiger partial charge in [0.2, 0.25) is 0 Å². The van der Waals surface area contributed by atoms with Crippen LogP contribution in [0, 0.1) is 5.92 Å². The molecule has 15 heavy (non-hydrogen) atoms. The second kappa shape index (κ2) is 8.27. The first-order valence-electron chi connectivity index (χ1n) is 6.06. The van der Waals surface area contributed by atoms with E-state index in [2.05, 4.69) is 25.7 Å². The molecule has 0 aromatic carbocycles. The Hall–Kier alpha value is 0.0969. The molecule has 0 aromatic rings. The summed E-state index contributed by atoms with van der Waals surface area (Å²) < 4.78 is 11.6. The summed E-state index contributed by atoms with van der Waals surface area (Å²) in [4.78, 5) is 0. The van der Waals surface area contributed by atoms with E-state index in [0.29, 0.717) is 5.92 Å². The highest BCUT2D eigenvalue weighted by Crippen LogP contribution is 2.19. The first-order valence-corrected chi connectivity index (χ1v) is 8.59. The summed E-state index contributed by atoms with van der Waals surface area (Å²) in [5, 5.41) is 3.37. The minimum atomic E-state index is -1.90. The Kier molecular flexibility index (Phi) is 8.33. The molecule has 0 bridgehead atoms. The van der Waals surface area contributed by atoms with E-state index in [1.165, 1.54) is 0 Å². The predicted molar refractivity (Wildman–Crippen MR) is 67.4 cm³/mol. The lowest BCUT2D eigenvalue weighted by molar-refractivity contribution is 0.184. The van der Waals surface area contributed by atoms with Gasteiger partial charge in [0.1, 0.15) is 0 Å². The molecule has 1 N–H and O–H groups in total. The maximum absolute atomic E-state index is 5.81. The maximum Gasteiger partial charge on any atom is 0.335 e. The number of nitrogens with one attached hydrogen (secondary N) is 1. The molecule has 0 rings (SSSR count). The molecule has 0 heterocycles. The van der Waals surface area contributed by atoms with Crippen LogP contribution in [0.4, 0.5) is 0 Å². The van der Waals surface area contributed by atoms with E-state index in [-0.39, 0.29) is 0 Å². The third-order valence-electron chi connectivity index (χ3n) is 2.36. The van der Waals surface area contributed by atoms with Gasteiger partial charge in [-0.25, -0.2) is 0 Å². The van der Waals surface area contributed by atoms with Gasteiger partial charge in [-0.05, 0) is 45.4 Å². The van der Waals surface area contributed by atoms with Crippen molar-refractivity contribution in [1.82, 2.24) is 5.32 Å². The van der Waals surface area contributed by atoms with Gasteiger partial charge in [-0.2, -0.15) is 0 Å². The predicted octanol–water partition coefficient (Wildman–Crippen LogP) is 2.38. The average molecular weight is 233 g/mol. The van der Waals surface area contributed by atoms with Crippen LogP contribution < -0.4 is 5.32 Å². The summed E-state index contributed by atoms with van der Waals surface area (Å²) in [6.07, 6.45) is 0. The average Bonchev–Trinajstić information content (AvgIpc) is 2.15. The Morgan fingerprint density at radius 1 is 1.13 bits per heavy atom. The van der Waals surface area contributed by atoms with Crippen molar-refractivity contribution in [1.29, 1.82) is 0 Å². The zero-order valence-corrected chi connectivity index (χ0v) is 11.9. The van der Waals surface area contributed by atoms with E-state index < -0.39 is 8.56 Å². The van der Waals surface area contributed by atoms with Crippen molar-refractivity contribution >= 4 is 8.56 Å². The molecule has 0 saturated carbocycles. The van der Waals surface area contributed by atoms with E-state index in [9.17, 15) is 0 Å². The highest BCUT2D eigenvalue weighted by atomic mass is 28.4. The van der Waals surface area contributed by atoms with E-state index in [1.54, 1.807) is 0 Å². The molecule has 3 nitrogen and oxygen atoms in total. The summed E-state index contributed by atoms with van der Waals surface area (Å²) in [5.74, 6) is 0.625. The molecule has 0 fully saturated rings. The van der Waals surface area contributed by atoms with E-state index in [4.69, 9.17) is 8.85 Å². The minimum Gasteiger partial charge on any atom is -0.395 e. The van der Waals surface area contributed by atoms with Gasteiger partial charge in [0.05, 0.1) is 0 Å². The van der Waals surface area contributed by atoms with Gasteiger partial charge in [-0.3, -0.25) is 0 Å². The van der Waals surface area contributed by atoms with E-state index >= 15 is 0 Å². The van der Waals surface area contributed by atoms with Gasteiger partial charge < -0.3 is 14.2 Å². The molecule has 92 valence electrons. The smallest absolute Gasteiger partial charge is 0.335 e. The number of hydrogen-bond acceptors (Lipinski definition) is 3. The quantitative estimate of drug-likeness (QED) is 0.620. The van der Waals surface area contributed by atoms with Gasteiger partial charge in [0.25, 0.3) is 0 Å². The second-order valence-corrected chi connectivity index (χ2v) is 7.37. The van der Waals surface area contributed by atoms with Gasteiger partial charge in [-0.15, -0.1) is 0 Å². The van der Waals surface area contributed by atoms with Crippen molar-refractivity contribution in [2.45, 2.75) is 40.3 Å². The normalized spacial score (nSPS) is 14.2. The SMILES string of the molecule is CCNCC(C)C[Si](C)(OCC)OCC. The Labute approximate surface area is 95.8 Å². The molecule has 0 radical (unpaired) electrons. The summed E-state index contributed by atoms with van der Waals surface area (Å²) >= 11 is 0. The van der Waals surface area contributed by atoms with Gasteiger partial charge in [0, 0.05) is 13.2 Å². The molecule has 0 aliphatic carbocycles. The monoisotopic (exact) mass is 233 g/mol. The third kappa shape index (κ3) is 7.06. The topological polar surface area (TPSA) is 30.5 Å². The van der Waals surface area contributed by atoms with Crippen molar-refractivity contribution in [3.8, 4) is 0 Å². The fraction of sp³-hybridized carbons (Fsp3) is 1.00. The zero-order valence-electron chi connectivity index (χ0n) is 10.9. The van der Waals surface area contributed by atoms with Crippen molar-refractivity contribution in [3.63, 3.8) is 0 Å². The summed E-state index contributed by atoms with van der Waals surface area (Å²) in [5.41, 5.74) is 0. The molecule has 0 spiro atoms. The lowest BCUT2D eigenvalue weighted by Gasteiger charge is -2.28. The molecular weight excluding hydrogens is 206 g/mol. The molecule has 4 heteroatoms. The lowest BCUT2D eigenvalue weighted by atomic mass is 10.2. The molecule has 0 amide bonds. The van der Waals surface area contributed by atoms with Crippen LogP contribution in [0.25, 0.3) is 0 Å². The van der Waals surface area contributed by atoms with Crippen LogP contribution in [-0.2, 0) is 8.85 Å². The summed E-state index contributed by atoms with van der Waals surface area (Å²) in [7, 11) is -1.90. The van der Waals surface area contributed by atoms with Crippen LogP contribution in [0.15, 0.2) is 0 Å². The van der Waals surface area contributed by atoms with Gasteiger partial charge in [0.15, 0.2) is 0 Å². The lowest BCUT2D eigenvalue weighted by Crippen LogP contribution is -2.41. The first-order chi connectivity index (χ1) is 7.08. The maximum atomic E-state index is 5.81. The van der Waals surface area contributed by atoms with Crippen molar-refractivity contribution in [2.75, 3.05) is 26.3 Å². The highest BCUT2D eigenvalue weighted by molar-refractivity contribution is 6.66. The van der Waals surface area contributed by atoms with Gasteiger partial charge in [-0.1, -0.05) is 13.8 Å². The number of hydrogen-bond donors (Lipinski definition) is 1. The Morgan fingerprint density at radius 2 is 1.67 bits per heavy atom. The Balaban J connectivity index is 4.02. The van der Waals surface area contributed by atoms with E-state index in [0.717, 1.165) is 32.3 Å². The first kappa shape index (κ1) is 15.1. The number of rotatable bonds is 9. The highest BCUT2D eigenvalue weighted by Gasteiger charge is 2.32. The Morgan fingerprint density at radius 3 is 2.07 bits per heavy atom. The molecular formula is C11H27NO2Si. The van der Waals surface area contributed by atoms with Crippen LogP contribution in [0.2, 0.25) is 12.6 Å².